The third-order valence-electron chi connectivity index (χ3n) is 2.57. The highest BCUT2D eigenvalue weighted by Crippen LogP contribution is 2.27. The Kier molecular flexibility index (Phi) is 2.60. The third kappa shape index (κ3) is 1.89. The summed E-state index contributed by atoms with van der Waals surface area (Å²) in [6.45, 7) is 2.41. The van der Waals surface area contributed by atoms with Crippen LogP contribution < -0.4 is 4.31 Å². The fourth-order valence-corrected chi connectivity index (χ4v) is 3.82. The first-order chi connectivity index (χ1) is 7.53. The molecule has 0 aliphatic carbocycles. The van der Waals surface area contributed by atoms with E-state index in [1.165, 1.54) is 4.31 Å². The van der Waals surface area contributed by atoms with Crippen LogP contribution in [0.4, 0.5) is 5.69 Å². The Morgan fingerprint density at radius 2 is 2.25 bits per heavy atom. The molecule has 0 saturated carbocycles. The monoisotopic (exact) mass is 236 g/mol. The van der Waals surface area contributed by atoms with E-state index >= 15 is 0 Å². The second-order valence-electron chi connectivity index (χ2n) is 4.08. The molecule has 0 bridgehead atoms. The Balaban J connectivity index is 2.42. The van der Waals surface area contributed by atoms with Crippen molar-refractivity contribution < 1.29 is 8.42 Å². The molecule has 0 amide bonds. The molecule has 1 aromatic carbocycles. The van der Waals surface area contributed by atoms with Gasteiger partial charge in [-0.05, 0) is 24.1 Å². The predicted octanol–water partition coefficient (Wildman–Crippen LogP) is 1.34. The van der Waals surface area contributed by atoms with E-state index in [4.69, 9.17) is 5.26 Å². The van der Waals surface area contributed by atoms with E-state index < -0.39 is 10.0 Å². The maximum Gasteiger partial charge on any atom is 0.235 e. The minimum Gasteiger partial charge on any atom is -0.270 e. The zero-order valence-corrected chi connectivity index (χ0v) is 9.74. The second-order valence-corrected chi connectivity index (χ2v) is 6.01. The van der Waals surface area contributed by atoms with Crippen molar-refractivity contribution in [3.63, 3.8) is 0 Å². The fraction of sp³-hybridized carbons (Fsp3) is 0.364. The molecule has 1 aromatic rings. The van der Waals surface area contributed by atoms with Gasteiger partial charge in [0.25, 0.3) is 0 Å². The van der Waals surface area contributed by atoms with Crippen molar-refractivity contribution in [1.29, 1.82) is 5.26 Å². The lowest BCUT2D eigenvalue weighted by molar-refractivity contribution is 0.598. The van der Waals surface area contributed by atoms with Crippen molar-refractivity contribution >= 4 is 15.7 Å². The summed E-state index contributed by atoms with van der Waals surface area (Å²) in [5.41, 5.74) is 1.07. The van der Waals surface area contributed by atoms with Gasteiger partial charge in [-0.25, -0.2) is 8.42 Å². The number of rotatable bonds is 1. The SMILES string of the molecule is CC1CN(c2cccc(C#N)c2)S(=O)(=O)C1. The molecule has 1 aliphatic rings. The van der Waals surface area contributed by atoms with E-state index in [1.54, 1.807) is 24.3 Å². The number of nitrogens with zero attached hydrogens (tertiary/aromatic N) is 2. The normalized spacial score (nSPS) is 23.0. The average molecular weight is 236 g/mol. The van der Waals surface area contributed by atoms with Gasteiger partial charge in [0.15, 0.2) is 0 Å². The van der Waals surface area contributed by atoms with Gasteiger partial charge in [0.2, 0.25) is 10.0 Å². The number of hydrogen-bond acceptors (Lipinski definition) is 3. The van der Waals surface area contributed by atoms with E-state index in [1.807, 2.05) is 13.0 Å². The summed E-state index contributed by atoms with van der Waals surface area (Å²) in [7, 11) is -3.19. The highest BCUT2D eigenvalue weighted by atomic mass is 32.2. The maximum absolute atomic E-state index is 11.8. The summed E-state index contributed by atoms with van der Waals surface area (Å²) in [6.07, 6.45) is 0. The van der Waals surface area contributed by atoms with Gasteiger partial charge in [-0.2, -0.15) is 5.26 Å². The van der Waals surface area contributed by atoms with Crippen LogP contribution in [0.3, 0.4) is 0 Å². The molecule has 84 valence electrons. The summed E-state index contributed by atoms with van der Waals surface area (Å²) in [4.78, 5) is 0. The highest BCUT2D eigenvalue weighted by Gasteiger charge is 2.33. The second kappa shape index (κ2) is 3.80. The molecule has 1 heterocycles. The zero-order valence-electron chi connectivity index (χ0n) is 8.92. The smallest absolute Gasteiger partial charge is 0.235 e. The van der Waals surface area contributed by atoms with E-state index in [0.29, 0.717) is 17.8 Å². The molecule has 1 unspecified atom stereocenters. The Bertz CT molecular complexity index is 545. The van der Waals surface area contributed by atoms with Gasteiger partial charge in [0, 0.05) is 6.54 Å². The highest BCUT2D eigenvalue weighted by molar-refractivity contribution is 7.93. The first-order valence-corrected chi connectivity index (χ1v) is 6.64. The fourth-order valence-electron chi connectivity index (χ4n) is 1.90. The number of benzene rings is 1. The molecular weight excluding hydrogens is 224 g/mol. The molecule has 5 heteroatoms. The molecule has 2 rings (SSSR count). The van der Waals surface area contributed by atoms with Crippen LogP contribution in [0.5, 0.6) is 0 Å². The van der Waals surface area contributed by atoms with Crippen molar-refractivity contribution in [2.75, 3.05) is 16.6 Å². The average Bonchev–Trinajstić information content (AvgIpc) is 2.52. The summed E-state index contributed by atoms with van der Waals surface area (Å²) in [5.74, 6) is 0.319. The van der Waals surface area contributed by atoms with Gasteiger partial charge >= 0.3 is 0 Å². The lowest BCUT2D eigenvalue weighted by atomic mass is 10.2. The molecule has 0 aromatic heterocycles. The van der Waals surface area contributed by atoms with E-state index in [9.17, 15) is 8.42 Å². The van der Waals surface area contributed by atoms with Gasteiger partial charge < -0.3 is 0 Å². The molecule has 16 heavy (non-hydrogen) atoms. The quantitative estimate of drug-likeness (QED) is 0.739. The van der Waals surface area contributed by atoms with Crippen molar-refractivity contribution in [2.24, 2.45) is 5.92 Å². The number of hydrogen-bond donors (Lipinski definition) is 0. The number of sulfonamides is 1. The molecule has 0 spiro atoms. The first-order valence-electron chi connectivity index (χ1n) is 5.03. The van der Waals surface area contributed by atoms with Gasteiger partial charge in [-0.15, -0.1) is 0 Å². The van der Waals surface area contributed by atoms with Crippen molar-refractivity contribution in [1.82, 2.24) is 0 Å². The Hall–Kier alpha value is -1.54. The minimum atomic E-state index is -3.19. The van der Waals surface area contributed by atoms with Crippen LogP contribution >= 0.6 is 0 Å². The lowest BCUT2D eigenvalue weighted by Crippen LogP contribution is -2.25. The summed E-state index contributed by atoms with van der Waals surface area (Å²) >= 11 is 0. The molecule has 0 radical (unpaired) electrons. The largest absolute Gasteiger partial charge is 0.270 e. The van der Waals surface area contributed by atoms with Crippen LogP contribution in [-0.2, 0) is 10.0 Å². The summed E-state index contributed by atoms with van der Waals surface area (Å²) in [5, 5.41) is 8.77. The molecule has 1 aliphatic heterocycles. The van der Waals surface area contributed by atoms with E-state index in [-0.39, 0.29) is 11.7 Å². The molecular formula is C11H12N2O2S. The topological polar surface area (TPSA) is 61.2 Å². The predicted molar refractivity (Wildman–Crippen MR) is 61.5 cm³/mol. The molecule has 0 N–H and O–H groups in total. The standard InChI is InChI=1S/C11H12N2O2S/c1-9-7-13(16(14,15)8-9)11-4-2-3-10(5-11)6-12/h2-5,9H,7-8H2,1H3. The summed E-state index contributed by atoms with van der Waals surface area (Å²) in [6, 6.07) is 8.70. The van der Waals surface area contributed by atoms with E-state index in [0.717, 1.165) is 0 Å². The number of anilines is 1. The Labute approximate surface area is 95.2 Å². The molecule has 1 fully saturated rings. The Morgan fingerprint density at radius 3 is 2.81 bits per heavy atom. The van der Waals surface area contributed by atoms with Gasteiger partial charge in [-0.1, -0.05) is 13.0 Å². The number of nitriles is 1. The Morgan fingerprint density at radius 1 is 1.50 bits per heavy atom. The van der Waals surface area contributed by atoms with Crippen LogP contribution in [0.15, 0.2) is 24.3 Å². The lowest BCUT2D eigenvalue weighted by Gasteiger charge is -2.16. The molecule has 1 saturated heterocycles. The van der Waals surface area contributed by atoms with Gasteiger partial charge in [-0.3, -0.25) is 4.31 Å². The van der Waals surface area contributed by atoms with Crippen LogP contribution in [0, 0.1) is 17.2 Å². The summed E-state index contributed by atoms with van der Waals surface area (Å²) < 4.78 is 25.0. The molecule has 1 atom stereocenters. The van der Waals surface area contributed by atoms with Crippen molar-refractivity contribution in [3.8, 4) is 6.07 Å². The third-order valence-corrected chi connectivity index (χ3v) is 4.59. The van der Waals surface area contributed by atoms with Crippen molar-refractivity contribution in [2.45, 2.75) is 6.92 Å². The van der Waals surface area contributed by atoms with Gasteiger partial charge in [0.05, 0.1) is 23.1 Å². The van der Waals surface area contributed by atoms with Crippen LogP contribution in [0.1, 0.15) is 12.5 Å². The van der Waals surface area contributed by atoms with Crippen LogP contribution in [0.25, 0.3) is 0 Å². The van der Waals surface area contributed by atoms with Crippen LogP contribution in [0.2, 0.25) is 0 Å². The molecule has 4 nitrogen and oxygen atoms in total. The van der Waals surface area contributed by atoms with Crippen LogP contribution in [-0.4, -0.2) is 20.7 Å². The van der Waals surface area contributed by atoms with E-state index in [2.05, 4.69) is 0 Å². The zero-order chi connectivity index (χ0) is 11.8. The van der Waals surface area contributed by atoms with Gasteiger partial charge in [0.1, 0.15) is 0 Å². The minimum absolute atomic E-state index is 0.135. The van der Waals surface area contributed by atoms with Crippen molar-refractivity contribution in [3.05, 3.63) is 29.8 Å². The first kappa shape index (κ1) is 11.0. The maximum atomic E-state index is 11.8.